The van der Waals surface area contributed by atoms with Crippen molar-refractivity contribution in [2.45, 2.75) is 5.50 Å². The summed E-state index contributed by atoms with van der Waals surface area (Å²) in [6.45, 7) is 10.4. The second-order valence-corrected chi connectivity index (χ2v) is 5.14. The average Bonchev–Trinajstić information content (AvgIpc) is 2.14. The van der Waals surface area contributed by atoms with Crippen LogP contribution < -0.4 is 0 Å². The van der Waals surface area contributed by atoms with Crippen LogP contribution in [-0.4, -0.2) is 64.7 Å². The van der Waals surface area contributed by atoms with Crippen molar-refractivity contribution < 1.29 is 4.48 Å². The summed E-state index contributed by atoms with van der Waals surface area (Å²) in [5, 5.41) is 0. The van der Waals surface area contributed by atoms with Crippen LogP contribution in [0, 0.1) is 0 Å². The lowest BCUT2D eigenvalue weighted by Crippen LogP contribution is -2.80. The highest BCUT2D eigenvalue weighted by atomic mass is 35.5. The first kappa shape index (κ1) is 9.12. The lowest BCUT2D eigenvalue weighted by molar-refractivity contribution is -0.985. The Balaban J connectivity index is 1.90. The van der Waals surface area contributed by atoms with Gasteiger partial charge in [-0.25, -0.2) is 14.7 Å². The van der Waals surface area contributed by atoms with Crippen molar-refractivity contribution in [3.63, 3.8) is 0 Å². The Hall–Kier alpha value is -0.130. The van der Waals surface area contributed by atoms with Crippen LogP contribution in [0.3, 0.4) is 0 Å². The van der Waals surface area contributed by atoms with Crippen molar-refractivity contribution in [3.8, 4) is 0 Å². The van der Waals surface area contributed by atoms with Gasteiger partial charge >= 0.3 is 0 Å². The Morgan fingerprint density at radius 1 is 1.07 bits per heavy atom. The molecule has 0 aromatic rings. The largest absolute Gasteiger partial charge is 0.267 e. The Labute approximate surface area is 89.5 Å². The zero-order chi connectivity index (χ0) is 9.76. The molecule has 4 saturated heterocycles. The van der Waals surface area contributed by atoms with Gasteiger partial charge in [0.1, 0.15) is 20.0 Å². The van der Waals surface area contributed by atoms with E-state index in [0.29, 0.717) is 0 Å². The van der Waals surface area contributed by atoms with Crippen molar-refractivity contribution >= 4 is 11.6 Å². The minimum atomic E-state index is 0.0448. The van der Waals surface area contributed by atoms with Crippen molar-refractivity contribution in [1.29, 1.82) is 0 Å². The molecule has 4 aliphatic rings. The van der Waals surface area contributed by atoms with E-state index in [4.69, 9.17) is 11.6 Å². The number of alkyl halides is 1. The standard InChI is InChI=1S/C9H16ClN4/c1-2-9(10)14-6-11-3-12(7-14)5-13(4-11)8-14/h2,9H,1,3-8H2/q+1. The molecule has 1 atom stereocenters. The van der Waals surface area contributed by atoms with Crippen LogP contribution >= 0.6 is 11.6 Å². The maximum atomic E-state index is 6.36. The summed E-state index contributed by atoms with van der Waals surface area (Å²) in [4.78, 5) is 7.36. The van der Waals surface area contributed by atoms with Gasteiger partial charge < -0.3 is 0 Å². The molecule has 5 heteroatoms. The van der Waals surface area contributed by atoms with Crippen molar-refractivity contribution in [3.05, 3.63) is 12.7 Å². The SMILES string of the molecule is C=CC(Cl)[N+]12CN3CN(CN(C3)C1)C2. The molecule has 4 bridgehead atoms. The van der Waals surface area contributed by atoms with E-state index in [1.165, 1.54) is 0 Å². The molecule has 0 N–H and O–H groups in total. The van der Waals surface area contributed by atoms with Gasteiger partial charge in [0.2, 0.25) is 0 Å². The molecular weight excluding hydrogens is 200 g/mol. The molecule has 4 nitrogen and oxygen atoms in total. The summed E-state index contributed by atoms with van der Waals surface area (Å²) in [7, 11) is 0. The third-order valence-electron chi connectivity index (χ3n) is 3.36. The van der Waals surface area contributed by atoms with E-state index in [2.05, 4.69) is 21.3 Å². The summed E-state index contributed by atoms with van der Waals surface area (Å²) < 4.78 is 0.936. The molecule has 0 aromatic heterocycles. The molecular formula is C9H16ClN4+. The Morgan fingerprint density at radius 2 is 1.50 bits per heavy atom. The predicted octanol–water partition coefficient (Wildman–Crippen LogP) is 0.246. The van der Waals surface area contributed by atoms with Crippen LogP contribution in [-0.2, 0) is 0 Å². The average molecular weight is 216 g/mol. The van der Waals surface area contributed by atoms with Gasteiger partial charge in [0.05, 0.1) is 20.0 Å². The first-order chi connectivity index (χ1) is 6.72. The molecule has 0 aromatic carbocycles. The van der Waals surface area contributed by atoms with Crippen LogP contribution in [0.15, 0.2) is 12.7 Å². The minimum Gasteiger partial charge on any atom is -0.267 e. The second kappa shape index (κ2) is 2.93. The van der Waals surface area contributed by atoms with E-state index in [1.54, 1.807) is 0 Å². The molecule has 78 valence electrons. The summed E-state index contributed by atoms with van der Waals surface area (Å²) in [6.07, 6.45) is 1.87. The molecule has 0 saturated carbocycles. The number of hydrogen-bond donors (Lipinski definition) is 0. The van der Waals surface area contributed by atoms with E-state index in [1.807, 2.05) is 6.08 Å². The van der Waals surface area contributed by atoms with Gasteiger partial charge in [-0.2, -0.15) is 0 Å². The van der Waals surface area contributed by atoms with E-state index >= 15 is 0 Å². The zero-order valence-corrected chi connectivity index (χ0v) is 9.03. The Kier molecular flexibility index (Phi) is 1.91. The Bertz CT molecular complexity index is 232. The highest BCUT2D eigenvalue weighted by molar-refractivity contribution is 6.20. The molecule has 0 radical (unpaired) electrons. The number of quaternary nitrogens is 1. The smallest absolute Gasteiger partial charge is 0.186 e. The van der Waals surface area contributed by atoms with Gasteiger partial charge in [-0.05, 0) is 6.08 Å². The predicted molar refractivity (Wildman–Crippen MR) is 54.8 cm³/mol. The van der Waals surface area contributed by atoms with Gasteiger partial charge in [-0.1, -0.05) is 18.2 Å². The fourth-order valence-electron chi connectivity index (χ4n) is 3.04. The van der Waals surface area contributed by atoms with Gasteiger partial charge in [0.15, 0.2) is 5.50 Å². The van der Waals surface area contributed by atoms with Gasteiger partial charge in [0, 0.05) is 0 Å². The summed E-state index contributed by atoms with van der Waals surface area (Å²) >= 11 is 6.36. The fraction of sp³-hybridized carbons (Fsp3) is 0.778. The third-order valence-corrected chi connectivity index (χ3v) is 3.95. The topological polar surface area (TPSA) is 9.72 Å². The highest BCUT2D eigenvalue weighted by Gasteiger charge is 2.51. The molecule has 4 fully saturated rings. The van der Waals surface area contributed by atoms with Crippen LogP contribution in [0.1, 0.15) is 0 Å². The second-order valence-electron chi connectivity index (χ2n) is 4.69. The van der Waals surface area contributed by atoms with Gasteiger partial charge in [-0.3, -0.25) is 4.48 Å². The number of hydrogen-bond acceptors (Lipinski definition) is 3. The first-order valence-corrected chi connectivity index (χ1v) is 5.45. The minimum absolute atomic E-state index is 0.0448. The first-order valence-electron chi connectivity index (χ1n) is 5.01. The summed E-state index contributed by atoms with van der Waals surface area (Å²) in [5.74, 6) is 0. The lowest BCUT2D eigenvalue weighted by atomic mass is 10.3. The van der Waals surface area contributed by atoms with Crippen molar-refractivity contribution in [1.82, 2.24) is 14.7 Å². The van der Waals surface area contributed by atoms with E-state index in [-0.39, 0.29) is 5.50 Å². The summed E-state index contributed by atoms with van der Waals surface area (Å²) in [5.41, 5.74) is 0.0448. The quantitative estimate of drug-likeness (QED) is 0.283. The van der Waals surface area contributed by atoms with Gasteiger partial charge in [0.25, 0.3) is 0 Å². The molecule has 0 amide bonds. The van der Waals surface area contributed by atoms with Crippen molar-refractivity contribution in [2.24, 2.45) is 0 Å². The monoisotopic (exact) mass is 215 g/mol. The molecule has 4 aliphatic heterocycles. The highest BCUT2D eigenvalue weighted by Crippen LogP contribution is 2.32. The molecule has 0 aliphatic carbocycles. The van der Waals surface area contributed by atoms with Crippen LogP contribution in [0.25, 0.3) is 0 Å². The molecule has 4 heterocycles. The van der Waals surface area contributed by atoms with Gasteiger partial charge in [-0.15, -0.1) is 0 Å². The van der Waals surface area contributed by atoms with E-state index in [9.17, 15) is 0 Å². The lowest BCUT2D eigenvalue weighted by Gasteiger charge is -2.61. The normalized spacial score (nSPS) is 51.9. The Morgan fingerprint density at radius 3 is 1.86 bits per heavy atom. The number of halogens is 1. The fourth-order valence-corrected chi connectivity index (χ4v) is 3.22. The third kappa shape index (κ3) is 1.15. The van der Waals surface area contributed by atoms with E-state index in [0.717, 1.165) is 44.5 Å². The van der Waals surface area contributed by atoms with Crippen LogP contribution in [0.2, 0.25) is 0 Å². The van der Waals surface area contributed by atoms with Crippen LogP contribution in [0.4, 0.5) is 0 Å². The maximum Gasteiger partial charge on any atom is 0.186 e. The number of rotatable bonds is 2. The van der Waals surface area contributed by atoms with Crippen molar-refractivity contribution in [2.75, 3.05) is 40.0 Å². The molecule has 1 unspecified atom stereocenters. The maximum absolute atomic E-state index is 6.36. The molecule has 14 heavy (non-hydrogen) atoms. The van der Waals surface area contributed by atoms with E-state index < -0.39 is 0 Å². The summed E-state index contributed by atoms with van der Waals surface area (Å²) in [6, 6.07) is 0. The molecule has 4 rings (SSSR count). The molecule has 0 spiro atoms. The zero-order valence-electron chi connectivity index (χ0n) is 8.27. The van der Waals surface area contributed by atoms with Crippen LogP contribution in [0.5, 0.6) is 0 Å². The number of nitrogens with zero attached hydrogens (tertiary/aromatic N) is 4.